The van der Waals surface area contributed by atoms with Gasteiger partial charge in [-0.1, -0.05) is 26.8 Å². The molecule has 0 atom stereocenters. The number of nitrogens with one attached hydrogen (secondary N) is 2. The predicted molar refractivity (Wildman–Crippen MR) is 147 cm³/mol. The average Bonchev–Trinajstić information content (AvgIpc) is 3.69. The van der Waals surface area contributed by atoms with Crippen LogP contribution in [-0.2, 0) is 16.3 Å². The van der Waals surface area contributed by atoms with Gasteiger partial charge in [0, 0.05) is 53.6 Å². The maximum atomic E-state index is 13.6. The van der Waals surface area contributed by atoms with Gasteiger partial charge in [-0.3, -0.25) is 14.3 Å². The van der Waals surface area contributed by atoms with Crippen LogP contribution < -0.4 is 20.8 Å². The van der Waals surface area contributed by atoms with E-state index in [-0.39, 0.29) is 29.5 Å². The number of hydrogen-bond donors (Lipinski definition) is 2. The number of hydrogen-bond acceptors (Lipinski definition) is 7. The van der Waals surface area contributed by atoms with E-state index in [0.717, 1.165) is 17.5 Å². The molecule has 1 aromatic carbocycles. The molecule has 1 aliphatic carbocycles. The van der Waals surface area contributed by atoms with Crippen molar-refractivity contribution >= 4 is 41.5 Å². The van der Waals surface area contributed by atoms with Crippen molar-refractivity contribution in [1.82, 2.24) is 14.8 Å². The van der Waals surface area contributed by atoms with Gasteiger partial charge in [-0.2, -0.15) is 5.10 Å². The third kappa shape index (κ3) is 5.47. The zero-order valence-corrected chi connectivity index (χ0v) is 22.4. The van der Waals surface area contributed by atoms with Crippen molar-refractivity contribution in [3.05, 3.63) is 42.1 Å². The molecule has 10 heteroatoms. The Hall–Kier alpha value is -3.45. The van der Waals surface area contributed by atoms with E-state index in [9.17, 15) is 14.2 Å². The number of Topliss-reactive ketones (excluding diaryl/α,β-unsaturated/α-hetero) is 1. The lowest BCUT2D eigenvalue weighted by Gasteiger charge is -2.17. The second kappa shape index (κ2) is 10.9. The molecule has 2 aromatic heterocycles. The van der Waals surface area contributed by atoms with Crippen LogP contribution in [0, 0.1) is 5.92 Å². The summed E-state index contributed by atoms with van der Waals surface area (Å²) < 4.78 is 44.2. The maximum absolute atomic E-state index is 13.6. The molecular weight excluding hydrogens is 489 g/mol. The summed E-state index contributed by atoms with van der Waals surface area (Å²) >= 11 is 0. The second-order valence-corrected chi connectivity index (χ2v) is 12.5. The first-order valence-electron chi connectivity index (χ1n) is 13.9. The smallest absolute Gasteiger partial charge is 0.228 e. The second-order valence-electron chi connectivity index (χ2n) is 8.99. The zero-order valence-electron chi connectivity index (χ0n) is 24.5. The van der Waals surface area contributed by atoms with Gasteiger partial charge in [-0.15, -0.1) is 0 Å². The Morgan fingerprint density at radius 3 is 2.57 bits per heavy atom. The monoisotopic (exact) mass is 526 g/mol. The van der Waals surface area contributed by atoms with Crippen molar-refractivity contribution in [2.45, 2.75) is 40.0 Å². The first-order valence-corrected chi connectivity index (χ1v) is 14.5. The van der Waals surface area contributed by atoms with Crippen LogP contribution in [0.1, 0.15) is 54.5 Å². The van der Waals surface area contributed by atoms with E-state index in [1.807, 2.05) is 0 Å². The number of aromatic nitrogens is 3. The molecule has 1 amide bonds. The summed E-state index contributed by atoms with van der Waals surface area (Å²) in [6.07, 6.45) is 3.99. The van der Waals surface area contributed by atoms with Crippen molar-refractivity contribution in [2.24, 2.45) is 12.9 Å². The summed E-state index contributed by atoms with van der Waals surface area (Å²) in [5.41, 5.74) is 2.23. The topological polar surface area (TPSA) is 115 Å². The highest BCUT2D eigenvalue weighted by atomic mass is 31.2. The van der Waals surface area contributed by atoms with Crippen LogP contribution in [0.4, 0.5) is 17.2 Å². The van der Waals surface area contributed by atoms with Gasteiger partial charge in [0.25, 0.3) is 0 Å². The quantitative estimate of drug-likeness (QED) is 0.261. The van der Waals surface area contributed by atoms with Gasteiger partial charge in [-0.25, -0.2) is 4.98 Å². The molecule has 37 heavy (non-hydrogen) atoms. The zero-order chi connectivity index (χ0) is 29.2. The highest BCUT2D eigenvalue weighted by Crippen LogP contribution is 2.45. The SMILES string of the molecule is [2H]C([2H])([2H])n1nc(-c2cccc(Nc3cc(NC(=O)C4CC4)ncc3C(=O)CC)c2OC)cc1P(=O)(CC)CC. The van der Waals surface area contributed by atoms with Gasteiger partial charge in [0.15, 0.2) is 11.5 Å². The molecule has 1 fully saturated rings. The van der Waals surface area contributed by atoms with Crippen LogP contribution in [0.15, 0.2) is 36.5 Å². The van der Waals surface area contributed by atoms with Crippen molar-refractivity contribution in [2.75, 3.05) is 30.1 Å². The molecule has 2 N–H and O–H groups in total. The fourth-order valence-electron chi connectivity index (χ4n) is 4.16. The summed E-state index contributed by atoms with van der Waals surface area (Å²) in [4.78, 5) is 29.3. The molecule has 0 aliphatic heterocycles. The fraction of sp³-hybridized carbons (Fsp3) is 0.407. The van der Waals surface area contributed by atoms with Gasteiger partial charge in [-0.05, 0) is 31.0 Å². The molecule has 4 rings (SSSR count). The molecule has 1 aliphatic rings. The van der Waals surface area contributed by atoms with Crippen molar-refractivity contribution < 1.29 is 23.0 Å². The third-order valence-electron chi connectivity index (χ3n) is 6.62. The summed E-state index contributed by atoms with van der Waals surface area (Å²) in [6, 6.07) is 8.39. The number of rotatable bonds is 11. The lowest BCUT2D eigenvalue weighted by atomic mass is 10.1. The molecule has 2 heterocycles. The molecule has 9 nitrogen and oxygen atoms in total. The number of carbonyl (C=O) groups excluding carboxylic acids is 2. The van der Waals surface area contributed by atoms with Crippen LogP contribution in [0.2, 0.25) is 0 Å². The Kier molecular flexibility index (Phi) is 6.69. The largest absolute Gasteiger partial charge is 0.494 e. The lowest BCUT2D eigenvalue weighted by molar-refractivity contribution is -0.117. The molecule has 0 unspecified atom stereocenters. The molecule has 0 saturated heterocycles. The molecule has 0 bridgehead atoms. The van der Waals surface area contributed by atoms with Gasteiger partial charge in [0.2, 0.25) is 5.91 Å². The van der Waals surface area contributed by atoms with Crippen LogP contribution >= 0.6 is 7.14 Å². The van der Waals surface area contributed by atoms with Crippen LogP contribution in [-0.4, -0.2) is 45.9 Å². The summed E-state index contributed by atoms with van der Waals surface area (Å²) in [6.45, 7) is 2.68. The predicted octanol–water partition coefficient (Wildman–Crippen LogP) is 5.20. The first kappa shape index (κ1) is 22.7. The standard InChI is InChI=1S/C27H34N5O4P/c1-6-23(33)19-16-28-24(30-27(34)17-12-13-17)14-21(19)29-20-11-9-10-18(26(20)36-5)22-15-25(32(4)31-22)37(35,7-2)8-3/h9-11,14-17H,6-8,12-13H2,1-5H3,(H2,28,29,30,34)/i4D3. The van der Waals surface area contributed by atoms with E-state index in [1.165, 1.54) is 13.3 Å². The van der Waals surface area contributed by atoms with E-state index in [4.69, 9.17) is 8.85 Å². The minimum atomic E-state index is -2.99. The minimum Gasteiger partial charge on any atom is -0.494 e. The number of amides is 1. The summed E-state index contributed by atoms with van der Waals surface area (Å²) in [7, 11) is -1.52. The van der Waals surface area contributed by atoms with E-state index in [2.05, 4.69) is 20.7 Å². The average molecular weight is 527 g/mol. The number of carbonyl (C=O) groups is 2. The number of ketones is 1. The Morgan fingerprint density at radius 1 is 1.19 bits per heavy atom. The first-order chi connectivity index (χ1) is 18.9. The third-order valence-corrected chi connectivity index (χ3v) is 9.82. The molecular formula is C27H34N5O4P. The molecule has 1 saturated carbocycles. The number of methoxy groups -OCH3 is 1. The van der Waals surface area contributed by atoms with E-state index in [0.29, 0.717) is 52.1 Å². The van der Waals surface area contributed by atoms with E-state index in [1.54, 1.807) is 51.1 Å². The summed E-state index contributed by atoms with van der Waals surface area (Å²) in [5.74, 6) is 0.411. The van der Waals surface area contributed by atoms with Gasteiger partial charge in [0.1, 0.15) is 13.0 Å². The van der Waals surface area contributed by atoms with Crippen molar-refractivity contribution in [1.29, 1.82) is 0 Å². The molecule has 0 radical (unpaired) electrons. The molecule has 0 spiro atoms. The summed E-state index contributed by atoms with van der Waals surface area (Å²) in [5, 5.41) is 10.4. The fourth-order valence-corrected chi connectivity index (χ4v) is 6.00. The van der Waals surface area contributed by atoms with Crippen molar-refractivity contribution in [3.8, 4) is 17.0 Å². The number of aryl methyl sites for hydroxylation is 1. The maximum Gasteiger partial charge on any atom is 0.228 e. The van der Waals surface area contributed by atoms with Crippen LogP contribution in [0.3, 0.4) is 0 Å². The number of nitrogens with zero attached hydrogens (tertiary/aromatic N) is 3. The number of anilines is 3. The van der Waals surface area contributed by atoms with Gasteiger partial charge in [0.05, 0.1) is 35.2 Å². The number of ether oxygens (including phenoxy) is 1. The number of pyridine rings is 1. The van der Waals surface area contributed by atoms with E-state index < -0.39 is 14.1 Å². The van der Waals surface area contributed by atoms with Gasteiger partial charge < -0.3 is 19.9 Å². The van der Waals surface area contributed by atoms with Crippen LogP contribution in [0.25, 0.3) is 11.3 Å². The minimum absolute atomic E-state index is 0.0118. The normalized spacial score (nSPS) is 14.9. The number of para-hydroxylation sites is 1. The highest BCUT2D eigenvalue weighted by Gasteiger charge is 2.30. The van der Waals surface area contributed by atoms with Crippen LogP contribution in [0.5, 0.6) is 5.75 Å². The number of benzene rings is 1. The van der Waals surface area contributed by atoms with Crippen molar-refractivity contribution in [3.63, 3.8) is 0 Å². The van der Waals surface area contributed by atoms with Gasteiger partial charge >= 0.3 is 0 Å². The Morgan fingerprint density at radius 2 is 1.95 bits per heavy atom. The molecule has 3 aromatic rings. The Bertz CT molecular complexity index is 1480. The molecule has 196 valence electrons. The Labute approximate surface area is 221 Å². The highest BCUT2D eigenvalue weighted by molar-refractivity contribution is 7.71. The Balaban J connectivity index is 1.79. The van der Waals surface area contributed by atoms with E-state index >= 15 is 0 Å². The lowest BCUT2D eigenvalue weighted by Crippen LogP contribution is -2.17.